The van der Waals surface area contributed by atoms with E-state index >= 15 is 0 Å². The Bertz CT molecular complexity index is 1470. The molecular weight excluding hydrogens is 536 g/mol. The molecule has 11 heteroatoms. The molecular formula is C31H40N6O5. The van der Waals surface area contributed by atoms with Gasteiger partial charge < -0.3 is 15.0 Å². The summed E-state index contributed by atoms with van der Waals surface area (Å²) in [4.78, 5) is 55.9. The molecule has 2 aliphatic rings. The molecule has 0 unspecified atom stereocenters. The van der Waals surface area contributed by atoms with Crippen molar-refractivity contribution < 1.29 is 24.0 Å². The number of pyridine rings is 2. The van der Waals surface area contributed by atoms with Crippen LogP contribution in [0.2, 0.25) is 0 Å². The lowest BCUT2D eigenvalue weighted by Crippen LogP contribution is -2.50. The highest BCUT2D eigenvalue weighted by Gasteiger charge is 2.36. The van der Waals surface area contributed by atoms with E-state index in [1.54, 1.807) is 45.3 Å². The highest BCUT2D eigenvalue weighted by molar-refractivity contribution is 6.13. The van der Waals surface area contributed by atoms with Crippen LogP contribution in [0.3, 0.4) is 0 Å². The van der Waals surface area contributed by atoms with E-state index < -0.39 is 17.3 Å². The van der Waals surface area contributed by atoms with Crippen molar-refractivity contribution in [2.24, 2.45) is 0 Å². The molecule has 1 aliphatic carbocycles. The van der Waals surface area contributed by atoms with Crippen LogP contribution in [0.5, 0.6) is 0 Å². The van der Waals surface area contributed by atoms with Crippen molar-refractivity contribution in [3.63, 3.8) is 0 Å². The van der Waals surface area contributed by atoms with E-state index in [9.17, 15) is 14.4 Å². The molecule has 4 heterocycles. The Hall–Kier alpha value is -3.99. The second kappa shape index (κ2) is 11.4. The minimum atomic E-state index is -0.727. The molecule has 2 amide bonds. The average molecular weight is 577 g/mol. The van der Waals surface area contributed by atoms with Crippen LogP contribution in [-0.4, -0.2) is 68.3 Å². The number of fused-ring (bicyclic) bond motifs is 1. The zero-order valence-corrected chi connectivity index (χ0v) is 25.2. The van der Waals surface area contributed by atoms with Crippen molar-refractivity contribution in [1.29, 1.82) is 0 Å². The van der Waals surface area contributed by atoms with Gasteiger partial charge in [0.1, 0.15) is 5.60 Å². The zero-order chi connectivity index (χ0) is 30.2. The number of amides is 2. The minimum absolute atomic E-state index is 0.174. The summed E-state index contributed by atoms with van der Waals surface area (Å²) >= 11 is 0. The van der Waals surface area contributed by atoms with E-state index in [0.717, 1.165) is 49.9 Å². The van der Waals surface area contributed by atoms with Crippen LogP contribution in [-0.2, 0) is 14.4 Å². The van der Waals surface area contributed by atoms with Crippen LogP contribution < -0.4 is 10.2 Å². The van der Waals surface area contributed by atoms with E-state index in [1.165, 1.54) is 15.8 Å². The molecule has 1 saturated heterocycles. The first kappa shape index (κ1) is 29.5. The van der Waals surface area contributed by atoms with Crippen molar-refractivity contribution >= 4 is 40.8 Å². The number of hydrogen-bond donors (Lipinski definition) is 1. The highest BCUT2D eigenvalue weighted by atomic mass is 16.7. The number of hydrogen-bond acceptors (Lipinski definition) is 8. The maximum Gasteiger partial charge on any atom is 0.420 e. The standard InChI is InChI=1S/C31H40N6O5/c1-30(2,3)41-29(40)36-18-24(34-28(39)21-9-7-13-32-15-21)25-26(23(20-11-12-20)16-33-27(25)36)35-14-8-10-22(17-35)37(19-38)42-31(4,5)6/h7,9,13,15-16,18-20,22H,8,10-12,14,17H2,1-6H3,(H,34,39)/t22-/m1/s1. The Kier molecular flexibility index (Phi) is 7.98. The Morgan fingerprint density at radius 3 is 2.48 bits per heavy atom. The fourth-order valence-electron chi connectivity index (χ4n) is 5.33. The lowest BCUT2D eigenvalue weighted by atomic mass is 10.0. The van der Waals surface area contributed by atoms with Gasteiger partial charge in [-0.1, -0.05) is 0 Å². The SMILES string of the molecule is CC(C)(C)OC(=O)n1cc(NC(=O)c2cccnc2)c2c(N3CCC[C@@H](N(C=O)OC(C)(C)C)C3)c(C3CC3)cnc21. The second-order valence-electron chi connectivity index (χ2n) is 13.0. The molecule has 42 heavy (non-hydrogen) atoms. The summed E-state index contributed by atoms with van der Waals surface area (Å²) in [5.74, 6) is -0.0200. The molecule has 1 N–H and O–H groups in total. The normalized spacial score (nSPS) is 17.7. The molecule has 0 aromatic carbocycles. The molecule has 1 atom stereocenters. The van der Waals surface area contributed by atoms with Gasteiger partial charge in [0.25, 0.3) is 5.91 Å². The van der Waals surface area contributed by atoms with E-state index in [2.05, 4.69) is 15.2 Å². The number of rotatable bonds is 7. The van der Waals surface area contributed by atoms with Crippen molar-refractivity contribution in [3.8, 4) is 0 Å². The number of piperidine rings is 1. The predicted molar refractivity (Wildman–Crippen MR) is 160 cm³/mol. The van der Waals surface area contributed by atoms with Crippen LogP contribution in [0.15, 0.2) is 36.9 Å². The summed E-state index contributed by atoms with van der Waals surface area (Å²) in [5.41, 5.74) is 1.97. The smallest absolute Gasteiger partial charge is 0.420 e. The Morgan fingerprint density at radius 2 is 1.86 bits per heavy atom. The molecule has 2 fully saturated rings. The molecule has 1 aliphatic heterocycles. The average Bonchev–Trinajstić information content (AvgIpc) is 3.72. The summed E-state index contributed by atoms with van der Waals surface area (Å²) < 4.78 is 7.07. The molecule has 5 rings (SSSR count). The van der Waals surface area contributed by atoms with Crippen LogP contribution in [0, 0.1) is 0 Å². The molecule has 3 aromatic heterocycles. The van der Waals surface area contributed by atoms with Gasteiger partial charge in [-0.05, 0) is 90.8 Å². The van der Waals surface area contributed by atoms with Gasteiger partial charge in [-0.2, -0.15) is 0 Å². The van der Waals surface area contributed by atoms with Crippen molar-refractivity contribution in [2.45, 2.75) is 90.4 Å². The first-order chi connectivity index (χ1) is 19.8. The lowest BCUT2D eigenvalue weighted by molar-refractivity contribution is -0.232. The number of aromatic nitrogens is 3. The first-order valence-electron chi connectivity index (χ1n) is 14.5. The van der Waals surface area contributed by atoms with Crippen molar-refractivity contribution in [1.82, 2.24) is 19.6 Å². The maximum absolute atomic E-state index is 13.4. The van der Waals surface area contributed by atoms with Gasteiger partial charge in [0.2, 0.25) is 6.41 Å². The van der Waals surface area contributed by atoms with Gasteiger partial charge >= 0.3 is 6.09 Å². The number of ether oxygens (including phenoxy) is 1. The third kappa shape index (κ3) is 6.56. The second-order valence-corrected chi connectivity index (χ2v) is 13.0. The summed E-state index contributed by atoms with van der Waals surface area (Å²) in [6.45, 7) is 12.4. The Labute approximate surface area is 246 Å². The van der Waals surface area contributed by atoms with Gasteiger partial charge in [0.05, 0.1) is 34.0 Å². The first-order valence-corrected chi connectivity index (χ1v) is 14.5. The van der Waals surface area contributed by atoms with Crippen molar-refractivity contribution in [2.75, 3.05) is 23.3 Å². The van der Waals surface area contributed by atoms with Gasteiger partial charge in [0.15, 0.2) is 5.65 Å². The number of carbonyl (C=O) groups excluding carboxylic acids is 3. The van der Waals surface area contributed by atoms with Gasteiger partial charge in [-0.3, -0.25) is 19.4 Å². The third-order valence-corrected chi connectivity index (χ3v) is 7.15. The predicted octanol–water partition coefficient (Wildman–Crippen LogP) is 5.50. The fraction of sp³-hybridized carbons (Fsp3) is 0.516. The number of anilines is 2. The van der Waals surface area contributed by atoms with Gasteiger partial charge in [-0.25, -0.2) is 19.4 Å². The number of nitrogens with zero attached hydrogens (tertiary/aromatic N) is 5. The van der Waals surface area contributed by atoms with Gasteiger partial charge in [0, 0.05) is 37.9 Å². The van der Waals surface area contributed by atoms with Crippen molar-refractivity contribution in [3.05, 3.63) is 48.0 Å². The monoisotopic (exact) mass is 576 g/mol. The van der Waals surface area contributed by atoms with E-state index in [-0.39, 0.29) is 11.9 Å². The van der Waals surface area contributed by atoms with E-state index in [4.69, 9.17) is 14.6 Å². The van der Waals surface area contributed by atoms with Crippen LogP contribution >= 0.6 is 0 Å². The molecule has 11 nitrogen and oxygen atoms in total. The highest BCUT2D eigenvalue weighted by Crippen LogP contribution is 2.48. The Balaban J connectivity index is 1.63. The van der Waals surface area contributed by atoms with Crippen LogP contribution in [0.1, 0.15) is 89.1 Å². The lowest BCUT2D eigenvalue weighted by Gasteiger charge is -2.41. The summed E-state index contributed by atoms with van der Waals surface area (Å²) in [7, 11) is 0. The number of hydroxylamine groups is 2. The molecule has 3 aromatic rings. The largest absolute Gasteiger partial charge is 0.443 e. The molecule has 0 bridgehead atoms. The number of carbonyl (C=O) groups is 3. The fourth-order valence-corrected chi connectivity index (χ4v) is 5.33. The maximum atomic E-state index is 13.4. The topological polar surface area (TPSA) is 119 Å². The quantitative estimate of drug-likeness (QED) is 0.289. The van der Waals surface area contributed by atoms with Crippen LogP contribution in [0.25, 0.3) is 11.0 Å². The van der Waals surface area contributed by atoms with E-state index in [0.29, 0.717) is 34.7 Å². The summed E-state index contributed by atoms with van der Waals surface area (Å²) in [6, 6.07) is 3.21. The molecule has 224 valence electrons. The Morgan fingerprint density at radius 1 is 1.10 bits per heavy atom. The zero-order valence-electron chi connectivity index (χ0n) is 25.2. The third-order valence-electron chi connectivity index (χ3n) is 7.15. The van der Waals surface area contributed by atoms with E-state index in [1.807, 2.05) is 27.0 Å². The summed E-state index contributed by atoms with van der Waals surface area (Å²) in [5, 5.41) is 5.11. The van der Waals surface area contributed by atoms with Crippen LogP contribution in [0.4, 0.5) is 16.2 Å². The molecule has 0 radical (unpaired) electrons. The summed E-state index contributed by atoms with van der Waals surface area (Å²) in [6.07, 6.45) is 10.4. The minimum Gasteiger partial charge on any atom is -0.443 e. The number of nitrogens with one attached hydrogen (secondary N) is 1. The molecule has 1 saturated carbocycles. The molecule has 0 spiro atoms. The van der Waals surface area contributed by atoms with Gasteiger partial charge in [-0.15, -0.1) is 0 Å².